The molecule has 0 saturated carbocycles. The number of morpholine rings is 1. The summed E-state index contributed by atoms with van der Waals surface area (Å²) in [6.07, 6.45) is -0.128. The minimum atomic E-state index is -0.712. The SMILES string of the molecule is NC(=O)c1noc(CN2CCOC(c3ccc(Cl)c(Cl)c3)C2)n1. The van der Waals surface area contributed by atoms with Crippen LogP contribution in [0.3, 0.4) is 0 Å². The monoisotopic (exact) mass is 356 g/mol. The largest absolute Gasteiger partial charge is 0.371 e. The minimum Gasteiger partial charge on any atom is -0.371 e. The maximum Gasteiger partial charge on any atom is 0.290 e. The molecule has 2 heterocycles. The summed E-state index contributed by atoms with van der Waals surface area (Å²) in [5.74, 6) is -0.487. The van der Waals surface area contributed by atoms with Gasteiger partial charge >= 0.3 is 0 Å². The molecule has 9 heteroatoms. The van der Waals surface area contributed by atoms with E-state index in [1.165, 1.54) is 0 Å². The van der Waals surface area contributed by atoms with E-state index in [-0.39, 0.29) is 11.9 Å². The van der Waals surface area contributed by atoms with Gasteiger partial charge in [-0.15, -0.1) is 0 Å². The highest BCUT2D eigenvalue weighted by molar-refractivity contribution is 6.42. The van der Waals surface area contributed by atoms with Crippen molar-refractivity contribution >= 4 is 29.1 Å². The van der Waals surface area contributed by atoms with Crippen LogP contribution in [0.25, 0.3) is 0 Å². The Kier molecular flexibility index (Phi) is 4.82. The van der Waals surface area contributed by atoms with Crippen molar-refractivity contribution in [3.63, 3.8) is 0 Å². The van der Waals surface area contributed by atoms with Gasteiger partial charge in [0.25, 0.3) is 11.7 Å². The lowest BCUT2D eigenvalue weighted by atomic mass is 10.1. The number of carbonyl (C=O) groups excluding carboxylic acids is 1. The van der Waals surface area contributed by atoms with Gasteiger partial charge < -0.3 is 15.0 Å². The first-order valence-electron chi connectivity index (χ1n) is 6.94. The third kappa shape index (κ3) is 3.81. The summed E-state index contributed by atoms with van der Waals surface area (Å²) in [6.45, 7) is 2.32. The number of aromatic nitrogens is 2. The fourth-order valence-electron chi connectivity index (χ4n) is 2.37. The van der Waals surface area contributed by atoms with Gasteiger partial charge in [0.05, 0.1) is 29.3 Å². The van der Waals surface area contributed by atoms with Gasteiger partial charge in [0, 0.05) is 13.1 Å². The topological polar surface area (TPSA) is 94.5 Å². The van der Waals surface area contributed by atoms with Gasteiger partial charge in [0.15, 0.2) is 0 Å². The van der Waals surface area contributed by atoms with Gasteiger partial charge in [0.2, 0.25) is 5.89 Å². The van der Waals surface area contributed by atoms with Crippen LogP contribution in [0.5, 0.6) is 0 Å². The maximum absolute atomic E-state index is 11.0. The van der Waals surface area contributed by atoms with Crippen LogP contribution in [0.2, 0.25) is 10.0 Å². The molecule has 1 aliphatic rings. The molecule has 2 N–H and O–H groups in total. The molecule has 7 nitrogen and oxygen atoms in total. The third-order valence-corrected chi connectivity index (χ3v) is 4.25. The van der Waals surface area contributed by atoms with Gasteiger partial charge in [-0.2, -0.15) is 4.98 Å². The van der Waals surface area contributed by atoms with E-state index in [1.807, 2.05) is 6.07 Å². The smallest absolute Gasteiger partial charge is 0.290 e. The van der Waals surface area contributed by atoms with Gasteiger partial charge in [0.1, 0.15) is 0 Å². The van der Waals surface area contributed by atoms with E-state index in [9.17, 15) is 4.79 Å². The zero-order valence-corrected chi connectivity index (χ0v) is 13.5. The van der Waals surface area contributed by atoms with Crippen LogP contribution < -0.4 is 5.73 Å². The number of amides is 1. The molecule has 2 aromatic rings. The van der Waals surface area contributed by atoms with Gasteiger partial charge in [-0.3, -0.25) is 9.69 Å². The number of nitrogens with two attached hydrogens (primary N) is 1. The highest BCUT2D eigenvalue weighted by Gasteiger charge is 2.24. The Balaban J connectivity index is 1.67. The molecule has 0 aliphatic carbocycles. The Morgan fingerprint density at radius 1 is 1.39 bits per heavy atom. The van der Waals surface area contributed by atoms with Crippen LogP contribution in [0.1, 0.15) is 28.2 Å². The van der Waals surface area contributed by atoms with Crippen LogP contribution in [0.4, 0.5) is 0 Å². The van der Waals surface area contributed by atoms with Crippen LogP contribution >= 0.6 is 23.2 Å². The van der Waals surface area contributed by atoms with E-state index >= 15 is 0 Å². The number of rotatable bonds is 4. The number of carbonyl (C=O) groups is 1. The van der Waals surface area contributed by atoms with Crippen molar-refractivity contribution in [3.8, 4) is 0 Å². The predicted octanol–water partition coefficient (Wildman–Crippen LogP) is 2.05. The van der Waals surface area contributed by atoms with Crippen LogP contribution in [-0.4, -0.2) is 40.6 Å². The van der Waals surface area contributed by atoms with E-state index in [1.54, 1.807) is 12.1 Å². The summed E-state index contributed by atoms with van der Waals surface area (Å²) in [5, 5.41) is 4.53. The van der Waals surface area contributed by atoms with E-state index in [2.05, 4.69) is 15.0 Å². The molecule has 0 spiro atoms. The molecule has 1 amide bonds. The first kappa shape index (κ1) is 16.2. The molecular formula is C14H14Cl2N4O3. The number of hydrogen-bond donors (Lipinski definition) is 1. The van der Waals surface area contributed by atoms with E-state index in [0.717, 1.165) is 5.56 Å². The van der Waals surface area contributed by atoms with Gasteiger partial charge in [-0.25, -0.2) is 0 Å². The Bertz CT molecular complexity index is 722. The number of ether oxygens (including phenoxy) is 1. The number of nitrogens with zero attached hydrogens (tertiary/aromatic N) is 3. The molecule has 0 radical (unpaired) electrons. The molecule has 122 valence electrons. The lowest BCUT2D eigenvalue weighted by Gasteiger charge is -2.32. The van der Waals surface area contributed by atoms with Crippen molar-refractivity contribution in [1.29, 1.82) is 0 Å². The summed E-state index contributed by atoms with van der Waals surface area (Å²) in [7, 11) is 0. The van der Waals surface area contributed by atoms with E-state index in [0.29, 0.717) is 42.2 Å². The first-order chi connectivity index (χ1) is 11.0. The Morgan fingerprint density at radius 3 is 2.91 bits per heavy atom. The maximum atomic E-state index is 11.0. The van der Waals surface area contributed by atoms with E-state index < -0.39 is 5.91 Å². The fourth-order valence-corrected chi connectivity index (χ4v) is 2.68. The molecule has 1 aromatic carbocycles. The summed E-state index contributed by atoms with van der Waals surface area (Å²) in [5.41, 5.74) is 6.06. The second kappa shape index (κ2) is 6.84. The quantitative estimate of drug-likeness (QED) is 0.900. The zero-order chi connectivity index (χ0) is 16.4. The predicted molar refractivity (Wildman–Crippen MR) is 83.2 cm³/mol. The Hall–Kier alpha value is -1.67. The number of benzene rings is 1. The fraction of sp³-hybridized carbons (Fsp3) is 0.357. The highest BCUT2D eigenvalue weighted by atomic mass is 35.5. The average molecular weight is 357 g/mol. The summed E-state index contributed by atoms with van der Waals surface area (Å²) < 4.78 is 10.8. The van der Waals surface area contributed by atoms with E-state index in [4.69, 9.17) is 38.2 Å². The molecule has 23 heavy (non-hydrogen) atoms. The lowest BCUT2D eigenvalue weighted by molar-refractivity contribution is -0.0355. The molecule has 1 unspecified atom stereocenters. The van der Waals surface area contributed by atoms with Crippen molar-refractivity contribution in [2.75, 3.05) is 19.7 Å². The molecule has 1 atom stereocenters. The van der Waals surface area contributed by atoms with Crippen molar-refractivity contribution in [3.05, 3.63) is 45.5 Å². The summed E-state index contributed by atoms with van der Waals surface area (Å²) in [4.78, 5) is 17.0. The molecule has 1 saturated heterocycles. The first-order valence-corrected chi connectivity index (χ1v) is 7.70. The summed E-state index contributed by atoms with van der Waals surface area (Å²) in [6, 6.07) is 5.44. The summed E-state index contributed by atoms with van der Waals surface area (Å²) >= 11 is 12.0. The second-order valence-corrected chi connectivity index (χ2v) is 5.96. The molecule has 1 fully saturated rings. The van der Waals surface area contributed by atoms with Crippen molar-refractivity contribution in [1.82, 2.24) is 15.0 Å². The number of halogens is 2. The Morgan fingerprint density at radius 2 is 2.22 bits per heavy atom. The van der Waals surface area contributed by atoms with Crippen LogP contribution in [0.15, 0.2) is 22.7 Å². The molecule has 3 rings (SSSR count). The highest BCUT2D eigenvalue weighted by Crippen LogP contribution is 2.29. The molecule has 1 aliphatic heterocycles. The molecule has 1 aromatic heterocycles. The minimum absolute atomic E-state index is 0.116. The van der Waals surface area contributed by atoms with Crippen LogP contribution in [-0.2, 0) is 11.3 Å². The number of hydrogen-bond acceptors (Lipinski definition) is 6. The molecule has 0 bridgehead atoms. The van der Waals surface area contributed by atoms with Crippen LogP contribution in [0, 0.1) is 0 Å². The normalized spacial score (nSPS) is 19.0. The number of primary amides is 1. The second-order valence-electron chi connectivity index (χ2n) is 5.14. The van der Waals surface area contributed by atoms with Crippen molar-refractivity contribution < 1.29 is 14.1 Å². The Labute approximate surface area is 142 Å². The standard InChI is InChI=1S/C14H14Cl2N4O3/c15-9-2-1-8(5-10(9)16)11-6-20(3-4-22-11)7-12-18-14(13(17)21)19-23-12/h1-2,5,11H,3-4,6-7H2,(H2,17,21). The van der Waals surface area contributed by atoms with Crippen molar-refractivity contribution in [2.24, 2.45) is 5.73 Å². The lowest BCUT2D eigenvalue weighted by Crippen LogP contribution is -2.37. The molecular weight excluding hydrogens is 343 g/mol. The van der Waals surface area contributed by atoms with Gasteiger partial charge in [-0.1, -0.05) is 34.4 Å². The third-order valence-electron chi connectivity index (χ3n) is 3.51. The van der Waals surface area contributed by atoms with Crippen molar-refractivity contribution in [2.45, 2.75) is 12.6 Å². The average Bonchev–Trinajstić information content (AvgIpc) is 2.99. The van der Waals surface area contributed by atoms with Gasteiger partial charge in [-0.05, 0) is 17.7 Å². The zero-order valence-electron chi connectivity index (χ0n) is 12.0.